The van der Waals surface area contributed by atoms with Gasteiger partial charge in [-0.05, 0) is 38.0 Å². The van der Waals surface area contributed by atoms with E-state index in [1.54, 1.807) is 0 Å². The number of hydrogen-bond acceptors (Lipinski definition) is 2. The molecule has 1 aliphatic heterocycles. The van der Waals surface area contributed by atoms with E-state index in [0.717, 1.165) is 25.4 Å². The molecule has 2 rings (SSSR count). The molecule has 2 nitrogen and oxygen atoms in total. The Morgan fingerprint density at radius 1 is 1.28 bits per heavy atom. The van der Waals surface area contributed by atoms with Crippen LogP contribution in [-0.4, -0.2) is 42.8 Å². The van der Waals surface area contributed by atoms with E-state index in [2.05, 4.69) is 24.1 Å². The predicted octanol–water partition coefficient (Wildman–Crippen LogP) is 2.65. The zero-order chi connectivity index (χ0) is 13.3. The Bertz CT molecular complexity index is 276. The zero-order valence-electron chi connectivity index (χ0n) is 11.1. The molecular weight excluding hydrogens is 241 g/mol. The monoisotopic (exact) mass is 264 g/mol. The molecular formula is C13H23F3N2. The third-order valence-corrected chi connectivity index (χ3v) is 4.16. The van der Waals surface area contributed by atoms with Crippen LogP contribution in [0.3, 0.4) is 0 Å². The molecule has 106 valence electrons. The molecule has 1 N–H and O–H groups in total. The van der Waals surface area contributed by atoms with Gasteiger partial charge in [0.2, 0.25) is 0 Å². The first kappa shape index (κ1) is 14.1. The molecule has 1 aliphatic carbocycles. The van der Waals surface area contributed by atoms with Crippen LogP contribution in [0.5, 0.6) is 0 Å². The largest absolute Gasteiger partial charge is 0.401 e. The van der Waals surface area contributed by atoms with E-state index in [9.17, 15) is 13.2 Å². The molecule has 0 amide bonds. The van der Waals surface area contributed by atoms with Crippen molar-refractivity contribution in [3.63, 3.8) is 0 Å². The minimum atomic E-state index is -4.10. The topological polar surface area (TPSA) is 15.3 Å². The Balaban J connectivity index is 1.83. The number of hydrogen-bond donors (Lipinski definition) is 1. The van der Waals surface area contributed by atoms with Crippen LogP contribution in [0.4, 0.5) is 13.2 Å². The molecule has 0 radical (unpaired) electrons. The van der Waals surface area contributed by atoms with Gasteiger partial charge in [0.25, 0.3) is 0 Å². The number of alkyl halides is 3. The summed E-state index contributed by atoms with van der Waals surface area (Å²) in [6.45, 7) is 5.28. The second kappa shape index (κ2) is 5.37. The Kier molecular flexibility index (Phi) is 4.22. The first-order chi connectivity index (χ1) is 8.35. The Hall–Kier alpha value is -0.290. The summed E-state index contributed by atoms with van der Waals surface area (Å²) in [7, 11) is 0. The van der Waals surface area contributed by atoms with Crippen LogP contribution >= 0.6 is 0 Å². The van der Waals surface area contributed by atoms with Crippen LogP contribution in [0.1, 0.15) is 33.1 Å². The standard InChI is InChI=1S/C13H23F3N2/c1-9-5-12(17-8-13(14,15)16)7-18(6-9)10(2)11-3-4-11/h9-12,17H,3-8H2,1-2H3. The summed E-state index contributed by atoms with van der Waals surface area (Å²) >= 11 is 0. The van der Waals surface area contributed by atoms with Crippen molar-refractivity contribution < 1.29 is 13.2 Å². The molecule has 5 heteroatoms. The summed E-state index contributed by atoms with van der Waals surface area (Å²) in [5, 5.41) is 2.67. The number of piperidine rings is 1. The lowest BCUT2D eigenvalue weighted by Gasteiger charge is -2.40. The number of rotatable bonds is 4. The summed E-state index contributed by atoms with van der Waals surface area (Å²) in [6.07, 6.45) is -0.684. The third kappa shape index (κ3) is 4.12. The van der Waals surface area contributed by atoms with Crippen molar-refractivity contribution in [1.82, 2.24) is 10.2 Å². The van der Waals surface area contributed by atoms with Gasteiger partial charge in [0.15, 0.2) is 0 Å². The van der Waals surface area contributed by atoms with Crippen molar-refractivity contribution in [2.45, 2.75) is 51.4 Å². The van der Waals surface area contributed by atoms with Crippen molar-refractivity contribution in [2.24, 2.45) is 11.8 Å². The number of likely N-dealkylation sites (tertiary alicyclic amines) is 1. The highest BCUT2D eigenvalue weighted by molar-refractivity contribution is 4.91. The van der Waals surface area contributed by atoms with E-state index in [-0.39, 0.29) is 6.04 Å². The second-order valence-corrected chi connectivity index (χ2v) is 6.07. The minimum Gasteiger partial charge on any atom is -0.305 e. The predicted molar refractivity (Wildman–Crippen MR) is 65.4 cm³/mol. The van der Waals surface area contributed by atoms with Crippen molar-refractivity contribution in [3.05, 3.63) is 0 Å². The lowest BCUT2D eigenvalue weighted by molar-refractivity contribution is -0.127. The molecule has 1 heterocycles. The fourth-order valence-electron chi connectivity index (χ4n) is 3.01. The Labute approximate surface area is 107 Å². The molecule has 0 bridgehead atoms. The van der Waals surface area contributed by atoms with Gasteiger partial charge in [-0.25, -0.2) is 0 Å². The number of nitrogens with one attached hydrogen (secondary N) is 1. The molecule has 0 aromatic rings. The first-order valence-electron chi connectivity index (χ1n) is 6.89. The number of nitrogens with zero attached hydrogens (tertiary/aromatic N) is 1. The SMILES string of the molecule is CC1CC(NCC(F)(F)F)CN(C(C)C2CC2)C1. The van der Waals surface area contributed by atoms with Crippen molar-refractivity contribution >= 4 is 0 Å². The van der Waals surface area contributed by atoms with E-state index < -0.39 is 12.7 Å². The van der Waals surface area contributed by atoms with Crippen molar-refractivity contribution in [3.8, 4) is 0 Å². The molecule has 1 saturated heterocycles. The van der Waals surface area contributed by atoms with Crippen LogP contribution in [0.2, 0.25) is 0 Å². The fourth-order valence-corrected chi connectivity index (χ4v) is 3.01. The zero-order valence-corrected chi connectivity index (χ0v) is 11.1. The van der Waals surface area contributed by atoms with E-state index in [1.807, 2.05) is 0 Å². The van der Waals surface area contributed by atoms with Gasteiger partial charge in [-0.1, -0.05) is 6.92 Å². The summed E-state index contributed by atoms with van der Waals surface area (Å²) in [5.41, 5.74) is 0. The van der Waals surface area contributed by atoms with Crippen LogP contribution in [0.25, 0.3) is 0 Å². The van der Waals surface area contributed by atoms with Gasteiger partial charge in [0.1, 0.15) is 0 Å². The summed E-state index contributed by atoms with van der Waals surface area (Å²) < 4.78 is 36.7. The summed E-state index contributed by atoms with van der Waals surface area (Å²) in [6, 6.07) is 0.513. The highest BCUT2D eigenvalue weighted by Gasteiger charge is 2.36. The molecule has 3 unspecified atom stereocenters. The maximum absolute atomic E-state index is 12.2. The number of halogens is 3. The summed E-state index contributed by atoms with van der Waals surface area (Å²) in [4.78, 5) is 2.37. The van der Waals surface area contributed by atoms with Gasteiger partial charge < -0.3 is 5.32 Å². The highest BCUT2D eigenvalue weighted by Crippen LogP contribution is 2.36. The first-order valence-corrected chi connectivity index (χ1v) is 6.89. The van der Waals surface area contributed by atoms with Gasteiger partial charge in [0, 0.05) is 25.2 Å². The molecule has 3 atom stereocenters. The summed E-state index contributed by atoms with van der Waals surface area (Å²) in [5.74, 6) is 1.25. The average Bonchev–Trinajstić information content (AvgIpc) is 3.07. The lowest BCUT2D eigenvalue weighted by atomic mass is 9.94. The van der Waals surface area contributed by atoms with E-state index in [4.69, 9.17) is 0 Å². The minimum absolute atomic E-state index is 0.0171. The quantitative estimate of drug-likeness (QED) is 0.839. The van der Waals surface area contributed by atoms with Gasteiger partial charge in [-0.2, -0.15) is 13.2 Å². The second-order valence-electron chi connectivity index (χ2n) is 6.07. The molecule has 18 heavy (non-hydrogen) atoms. The van der Waals surface area contributed by atoms with Crippen LogP contribution < -0.4 is 5.32 Å². The Morgan fingerprint density at radius 3 is 2.50 bits per heavy atom. The third-order valence-electron chi connectivity index (χ3n) is 4.16. The molecule has 2 aliphatic rings. The Morgan fingerprint density at radius 2 is 1.94 bits per heavy atom. The normalized spacial score (nSPS) is 32.5. The van der Waals surface area contributed by atoms with E-state index >= 15 is 0 Å². The van der Waals surface area contributed by atoms with Gasteiger partial charge in [-0.15, -0.1) is 0 Å². The van der Waals surface area contributed by atoms with Crippen LogP contribution in [-0.2, 0) is 0 Å². The van der Waals surface area contributed by atoms with Gasteiger partial charge >= 0.3 is 6.18 Å². The van der Waals surface area contributed by atoms with Crippen LogP contribution in [0.15, 0.2) is 0 Å². The maximum atomic E-state index is 12.2. The molecule has 0 spiro atoms. The molecule has 0 aromatic heterocycles. The van der Waals surface area contributed by atoms with Gasteiger partial charge in [0.05, 0.1) is 6.54 Å². The maximum Gasteiger partial charge on any atom is 0.401 e. The van der Waals surface area contributed by atoms with Gasteiger partial charge in [-0.3, -0.25) is 4.90 Å². The van der Waals surface area contributed by atoms with E-state index in [0.29, 0.717) is 12.0 Å². The van der Waals surface area contributed by atoms with Crippen LogP contribution in [0, 0.1) is 11.8 Å². The lowest BCUT2D eigenvalue weighted by Crippen LogP contribution is -2.53. The molecule has 2 fully saturated rings. The van der Waals surface area contributed by atoms with Crippen molar-refractivity contribution in [2.75, 3.05) is 19.6 Å². The smallest absolute Gasteiger partial charge is 0.305 e. The highest BCUT2D eigenvalue weighted by atomic mass is 19.4. The van der Waals surface area contributed by atoms with Crippen molar-refractivity contribution in [1.29, 1.82) is 0 Å². The molecule has 1 saturated carbocycles. The molecule has 0 aromatic carbocycles. The van der Waals surface area contributed by atoms with E-state index in [1.165, 1.54) is 12.8 Å². The average molecular weight is 264 g/mol. The fraction of sp³-hybridized carbons (Fsp3) is 1.00.